The zero-order chi connectivity index (χ0) is 25.3. The molecule has 2 aromatic heterocycles. The largest absolute Gasteiger partial charge is 0.490 e. The van der Waals surface area contributed by atoms with E-state index in [1.54, 1.807) is 6.20 Å². The Kier molecular flexibility index (Phi) is 7.86. The molecule has 3 rings (SSSR count). The molecular formula is C14H20N5O12P3. The number of aromatic nitrogens is 3. The number of aliphatic hydroxyl groups is 1. The van der Waals surface area contributed by atoms with Crippen molar-refractivity contribution in [3.63, 3.8) is 0 Å². The molecule has 5 atom stereocenters. The van der Waals surface area contributed by atoms with Gasteiger partial charge in [-0.05, 0) is 0 Å². The van der Waals surface area contributed by atoms with Gasteiger partial charge in [0.2, 0.25) is 0 Å². The summed E-state index contributed by atoms with van der Waals surface area (Å²) in [7, 11) is -16.6. The Labute approximate surface area is 191 Å². The number of nitrogens with zero attached hydrogens (tertiary/aromatic N) is 3. The lowest BCUT2D eigenvalue weighted by Gasteiger charge is -2.19. The van der Waals surface area contributed by atoms with Crippen LogP contribution in [-0.4, -0.2) is 64.6 Å². The summed E-state index contributed by atoms with van der Waals surface area (Å²) in [5.74, 6) is 2.57. The lowest BCUT2D eigenvalue weighted by Crippen LogP contribution is -2.26. The van der Waals surface area contributed by atoms with E-state index in [-0.39, 0.29) is 18.8 Å². The highest BCUT2D eigenvalue weighted by molar-refractivity contribution is 7.66. The average Bonchev–Trinajstić information content (AvgIpc) is 3.23. The monoisotopic (exact) mass is 543 g/mol. The van der Waals surface area contributed by atoms with Gasteiger partial charge < -0.3 is 45.0 Å². The first-order chi connectivity index (χ1) is 15.7. The van der Waals surface area contributed by atoms with Crippen LogP contribution in [0, 0.1) is 12.3 Å². The minimum Gasteiger partial charge on any atom is -0.390 e. The second-order valence-electron chi connectivity index (χ2n) is 6.78. The number of hydrogen-bond donors (Lipinski definition) is 7. The summed E-state index contributed by atoms with van der Waals surface area (Å²) in [6.07, 6.45) is 4.77. The summed E-state index contributed by atoms with van der Waals surface area (Å²) in [4.78, 5) is 44.0. The molecule has 1 aliphatic rings. The van der Waals surface area contributed by atoms with E-state index in [1.807, 2.05) is 0 Å². The predicted molar refractivity (Wildman–Crippen MR) is 114 cm³/mol. The molecule has 3 heterocycles. The molecule has 1 aliphatic heterocycles. The first-order valence-electron chi connectivity index (χ1n) is 9.11. The number of hydrogen-bond acceptors (Lipinski definition) is 12. The van der Waals surface area contributed by atoms with Crippen molar-refractivity contribution in [2.24, 2.45) is 0 Å². The summed E-state index contributed by atoms with van der Waals surface area (Å²) in [6, 6.07) is 0. The highest BCUT2D eigenvalue weighted by Gasteiger charge is 2.43. The number of nitrogens with two attached hydrogens (primary N) is 1. The van der Waals surface area contributed by atoms with Gasteiger partial charge in [-0.1, -0.05) is 5.92 Å². The first kappa shape index (κ1) is 26.7. The summed E-state index contributed by atoms with van der Waals surface area (Å²) in [6.45, 7) is -0.635. The lowest BCUT2D eigenvalue weighted by atomic mass is 10.2. The van der Waals surface area contributed by atoms with Crippen LogP contribution in [0.15, 0.2) is 12.5 Å². The maximum atomic E-state index is 11.9. The molecule has 2 aromatic rings. The number of phosphoric acid groups is 3. The highest BCUT2D eigenvalue weighted by Crippen LogP contribution is 2.66. The number of terminal acetylenes is 1. The van der Waals surface area contributed by atoms with Gasteiger partial charge in [-0.3, -0.25) is 4.52 Å². The topological polar surface area (TPSA) is 258 Å². The fraction of sp³-hybridized carbons (Fsp3) is 0.429. The van der Waals surface area contributed by atoms with E-state index in [1.165, 1.54) is 10.9 Å². The van der Waals surface area contributed by atoms with Crippen LogP contribution in [0.1, 0.15) is 12.6 Å². The molecule has 0 aliphatic carbocycles. The Balaban J connectivity index is 1.72. The van der Waals surface area contributed by atoms with Crippen LogP contribution in [0.5, 0.6) is 0 Å². The third kappa shape index (κ3) is 6.61. The quantitative estimate of drug-likeness (QED) is 0.154. The number of nitrogen functional groups attached to an aromatic ring is 1. The van der Waals surface area contributed by atoms with E-state index in [2.05, 4.69) is 34.4 Å². The molecule has 0 radical (unpaired) electrons. The van der Waals surface area contributed by atoms with Crippen LogP contribution in [0.25, 0.3) is 11.0 Å². The summed E-state index contributed by atoms with van der Waals surface area (Å²) in [5, 5.41) is 13.7. The Bertz CT molecular complexity index is 1240. The van der Waals surface area contributed by atoms with Crippen molar-refractivity contribution in [1.82, 2.24) is 14.5 Å². The maximum absolute atomic E-state index is 11.9. The number of fused-ring (bicyclic) bond motifs is 1. The normalized spacial score (nSPS) is 24.4. The molecule has 34 heavy (non-hydrogen) atoms. The van der Waals surface area contributed by atoms with Crippen molar-refractivity contribution in [3.05, 3.63) is 12.5 Å². The second kappa shape index (κ2) is 10.00. The standard InChI is InChI=1S/C14H20N5O12P3/c1-2-3-16-8-5-19(14-12(8)13(15)17-7-18-14)11-4-9(20)10(29-11)6-28-33(24,25)31-34(26,27)30-32(21,22)23/h1,5,7,9-11,16,20H,3-4,6H2,(H,24,25)(H,26,27)(H2,15,17,18)(H2,21,22,23)/t9-,10+,11+/m0/s1. The zero-order valence-corrected chi connectivity index (χ0v) is 19.6. The van der Waals surface area contributed by atoms with E-state index >= 15 is 0 Å². The minimum atomic E-state index is -5.67. The molecule has 188 valence electrons. The molecule has 1 saturated heterocycles. The van der Waals surface area contributed by atoms with Gasteiger partial charge in [0.15, 0.2) is 0 Å². The summed E-state index contributed by atoms with van der Waals surface area (Å²) >= 11 is 0. The third-order valence-corrected chi connectivity index (χ3v) is 8.15. The number of anilines is 2. The summed E-state index contributed by atoms with van der Waals surface area (Å²) < 4.78 is 53.0. The van der Waals surface area contributed by atoms with E-state index in [0.717, 1.165) is 0 Å². The fourth-order valence-corrected chi connectivity index (χ4v) is 6.14. The average molecular weight is 543 g/mol. The van der Waals surface area contributed by atoms with Gasteiger partial charge in [-0.25, -0.2) is 23.7 Å². The smallest absolute Gasteiger partial charge is 0.390 e. The van der Waals surface area contributed by atoms with Crippen molar-refractivity contribution in [2.45, 2.75) is 24.9 Å². The molecule has 8 N–H and O–H groups in total. The maximum Gasteiger partial charge on any atom is 0.490 e. The highest BCUT2D eigenvalue weighted by atomic mass is 31.3. The van der Waals surface area contributed by atoms with Crippen LogP contribution in [0.4, 0.5) is 11.5 Å². The van der Waals surface area contributed by atoms with Crippen molar-refractivity contribution in [3.8, 4) is 12.3 Å². The van der Waals surface area contributed by atoms with E-state index in [9.17, 15) is 28.6 Å². The van der Waals surface area contributed by atoms with Crippen LogP contribution in [-0.2, 0) is 31.6 Å². The summed E-state index contributed by atoms with van der Waals surface area (Å²) in [5.41, 5.74) is 6.78. The molecule has 0 amide bonds. The molecule has 17 nitrogen and oxygen atoms in total. The van der Waals surface area contributed by atoms with Crippen LogP contribution >= 0.6 is 23.5 Å². The van der Waals surface area contributed by atoms with Crippen molar-refractivity contribution < 1.29 is 56.3 Å². The Morgan fingerprint density at radius 2 is 1.94 bits per heavy atom. The Morgan fingerprint density at radius 1 is 1.24 bits per heavy atom. The molecule has 0 spiro atoms. The Morgan fingerprint density at radius 3 is 2.59 bits per heavy atom. The molecule has 1 fully saturated rings. The number of rotatable bonds is 10. The second-order valence-corrected chi connectivity index (χ2v) is 11.2. The molecule has 2 unspecified atom stereocenters. The minimum absolute atomic E-state index is 0.0211. The Hall–Kier alpha value is -1.89. The van der Waals surface area contributed by atoms with Gasteiger partial charge in [0.05, 0.1) is 30.3 Å². The number of phosphoric ester groups is 1. The lowest BCUT2D eigenvalue weighted by molar-refractivity contribution is -0.0421. The number of ether oxygens (including phenoxy) is 1. The number of nitrogens with one attached hydrogen (secondary N) is 1. The third-order valence-electron chi connectivity index (χ3n) is 4.35. The molecule has 0 aromatic carbocycles. The van der Waals surface area contributed by atoms with Gasteiger partial charge >= 0.3 is 23.5 Å². The fourth-order valence-electron chi connectivity index (χ4n) is 3.11. The molecule has 20 heteroatoms. The van der Waals surface area contributed by atoms with Crippen LogP contribution in [0.3, 0.4) is 0 Å². The zero-order valence-electron chi connectivity index (χ0n) is 16.9. The van der Waals surface area contributed by atoms with Gasteiger partial charge in [0, 0.05) is 12.6 Å². The van der Waals surface area contributed by atoms with E-state index < -0.39 is 48.5 Å². The molecule has 0 bridgehead atoms. The van der Waals surface area contributed by atoms with Gasteiger partial charge in [-0.15, -0.1) is 6.42 Å². The van der Waals surface area contributed by atoms with Crippen molar-refractivity contribution in [2.75, 3.05) is 24.2 Å². The molecule has 0 saturated carbocycles. The van der Waals surface area contributed by atoms with Crippen LogP contribution < -0.4 is 11.1 Å². The number of aliphatic hydroxyl groups excluding tert-OH is 1. The molecular weight excluding hydrogens is 523 g/mol. The van der Waals surface area contributed by atoms with Gasteiger partial charge in [0.1, 0.15) is 30.1 Å². The SMILES string of the molecule is C#CCNc1cn([C@H]2C[C@H](O)[C@@H](COP(=O)(O)OP(=O)(O)OP(=O)(O)O)O2)c2ncnc(N)c12. The van der Waals surface area contributed by atoms with Crippen molar-refractivity contribution in [1.29, 1.82) is 0 Å². The van der Waals surface area contributed by atoms with Crippen molar-refractivity contribution >= 4 is 46.0 Å². The predicted octanol–water partition coefficient (Wildman–Crippen LogP) is 0.0503. The van der Waals surface area contributed by atoms with Gasteiger partial charge in [-0.2, -0.15) is 8.62 Å². The van der Waals surface area contributed by atoms with E-state index in [4.69, 9.17) is 26.7 Å². The van der Waals surface area contributed by atoms with Crippen LogP contribution in [0.2, 0.25) is 0 Å². The van der Waals surface area contributed by atoms with Gasteiger partial charge in [0.25, 0.3) is 0 Å². The first-order valence-corrected chi connectivity index (χ1v) is 13.6. The van der Waals surface area contributed by atoms with E-state index in [0.29, 0.717) is 16.7 Å².